The van der Waals surface area contributed by atoms with Crippen molar-refractivity contribution in [2.45, 2.75) is 78.2 Å². The second-order valence-corrected chi connectivity index (χ2v) is 1.69. The monoisotopic (exact) mass is 244 g/mol. The summed E-state index contributed by atoms with van der Waals surface area (Å²) >= 11 is 0. The third-order valence-electron chi connectivity index (χ3n) is 0.795. The summed E-state index contributed by atoms with van der Waals surface area (Å²) in [5, 5.41) is 8.29. The van der Waals surface area contributed by atoms with E-state index in [1.165, 1.54) is 0 Å². The van der Waals surface area contributed by atoms with Gasteiger partial charge in [0.05, 0.1) is 0 Å². The van der Waals surface area contributed by atoms with Gasteiger partial charge in [-0.15, -0.1) is 0 Å². The fourth-order valence-corrected chi connectivity index (χ4v) is 0.413. The highest BCUT2D eigenvalue weighted by Gasteiger charge is 1.82. The highest BCUT2D eigenvalue weighted by molar-refractivity contribution is 4.30. The summed E-state index contributed by atoms with van der Waals surface area (Å²) in [6, 6.07) is 0. The molecule has 0 unspecified atom stereocenters. The first-order chi connectivity index (χ1) is 4.91. The molecule has 2 nitrogen and oxygen atoms in total. The summed E-state index contributed by atoms with van der Waals surface area (Å²) < 4.78 is 5.06. The van der Waals surface area contributed by atoms with Gasteiger partial charge in [0.25, 0.3) is 0 Å². The van der Waals surface area contributed by atoms with Crippen molar-refractivity contribution < 1.29 is 9.84 Å². The molecule has 0 spiro atoms. The Bertz CT molecular complexity index is 33.7. The van der Waals surface area contributed by atoms with Crippen LogP contribution in [0.4, 0.5) is 0 Å². The zero-order chi connectivity index (χ0) is 8.24. The molecule has 0 heterocycles. The Morgan fingerprint density at radius 3 is 1.44 bits per heavy atom. The maximum absolute atomic E-state index is 8.29. The minimum absolute atomic E-state index is 0. The Hall–Kier alpha value is -0.0800. The summed E-state index contributed by atoms with van der Waals surface area (Å²) in [4.78, 5) is 0. The van der Waals surface area contributed by atoms with Crippen molar-refractivity contribution >= 4 is 0 Å². The SMILES string of the molecule is C.C.C.C.C.C.CC.CCCOCCCO. The highest BCUT2D eigenvalue weighted by Crippen LogP contribution is 1.82. The second-order valence-electron chi connectivity index (χ2n) is 1.69. The number of aliphatic hydroxyl groups excluding tert-OH is 1. The van der Waals surface area contributed by atoms with Gasteiger partial charge in [0.1, 0.15) is 0 Å². The van der Waals surface area contributed by atoms with Gasteiger partial charge in [0.15, 0.2) is 0 Å². The van der Waals surface area contributed by atoms with Gasteiger partial charge in [-0.3, -0.25) is 0 Å². The Morgan fingerprint density at radius 2 is 1.19 bits per heavy atom. The molecule has 0 fully saturated rings. The zero-order valence-electron chi connectivity index (χ0n) is 7.39. The summed E-state index contributed by atoms with van der Waals surface area (Å²) in [5.74, 6) is 0. The first kappa shape index (κ1) is 56.5. The first-order valence-electron chi connectivity index (χ1n) is 4.10. The van der Waals surface area contributed by atoms with Gasteiger partial charge in [-0.2, -0.15) is 0 Å². The van der Waals surface area contributed by atoms with E-state index in [1.54, 1.807) is 0 Å². The average Bonchev–Trinajstić information content (AvgIpc) is 2.02. The van der Waals surface area contributed by atoms with Crippen molar-refractivity contribution in [3.63, 3.8) is 0 Å². The maximum atomic E-state index is 8.29. The normalized spacial score (nSPS) is 5.25. The molecule has 0 saturated carbocycles. The lowest BCUT2D eigenvalue weighted by molar-refractivity contribution is 0.116. The van der Waals surface area contributed by atoms with Crippen LogP contribution in [0.2, 0.25) is 0 Å². The molecule has 1 N–H and O–H groups in total. The maximum Gasteiger partial charge on any atom is 0.0487 e. The van der Waals surface area contributed by atoms with Gasteiger partial charge in [0.2, 0.25) is 0 Å². The number of rotatable bonds is 5. The Labute approximate surface area is 108 Å². The fraction of sp³-hybridized carbons (Fsp3) is 1.00. The minimum Gasteiger partial charge on any atom is -0.396 e. The van der Waals surface area contributed by atoms with Gasteiger partial charge in [-0.1, -0.05) is 65.3 Å². The van der Waals surface area contributed by atoms with Crippen molar-refractivity contribution in [1.82, 2.24) is 0 Å². The lowest BCUT2D eigenvalue weighted by Gasteiger charge is -1.97. The van der Waals surface area contributed by atoms with Gasteiger partial charge >= 0.3 is 0 Å². The smallest absolute Gasteiger partial charge is 0.0487 e. The summed E-state index contributed by atoms with van der Waals surface area (Å²) in [6.45, 7) is 7.83. The van der Waals surface area contributed by atoms with Crippen molar-refractivity contribution in [2.24, 2.45) is 0 Å². The van der Waals surface area contributed by atoms with E-state index in [4.69, 9.17) is 9.84 Å². The van der Waals surface area contributed by atoms with E-state index in [0.29, 0.717) is 6.61 Å². The van der Waals surface area contributed by atoms with E-state index >= 15 is 0 Å². The van der Waals surface area contributed by atoms with Crippen molar-refractivity contribution in [2.75, 3.05) is 19.8 Å². The van der Waals surface area contributed by atoms with Crippen LogP contribution in [0.3, 0.4) is 0 Å². The van der Waals surface area contributed by atoms with Gasteiger partial charge < -0.3 is 9.84 Å². The summed E-state index contributed by atoms with van der Waals surface area (Å²) in [7, 11) is 0. The zero-order valence-corrected chi connectivity index (χ0v) is 7.39. The van der Waals surface area contributed by atoms with Gasteiger partial charge in [0, 0.05) is 19.8 Å². The van der Waals surface area contributed by atoms with Crippen molar-refractivity contribution in [3.8, 4) is 0 Å². The molecule has 0 bridgehead atoms. The Balaban J connectivity index is -0.0000000126. The van der Waals surface area contributed by atoms with Crippen LogP contribution in [0.1, 0.15) is 78.2 Å². The fourth-order valence-electron chi connectivity index (χ4n) is 0.413. The molecule has 0 rings (SSSR count). The third kappa shape index (κ3) is 96.0. The molecule has 0 aromatic carbocycles. The van der Waals surface area contributed by atoms with E-state index in [9.17, 15) is 0 Å². The molecule has 0 saturated heterocycles. The van der Waals surface area contributed by atoms with Crippen LogP contribution >= 0.6 is 0 Å². The molecule has 0 aliphatic heterocycles. The van der Waals surface area contributed by atoms with E-state index in [2.05, 4.69) is 6.92 Å². The number of hydrogen-bond acceptors (Lipinski definition) is 2. The summed E-state index contributed by atoms with van der Waals surface area (Å²) in [6.07, 6.45) is 1.82. The molecule has 112 valence electrons. The third-order valence-corrected chi connectivity index (χ3v) is 0.795. The lowest BCUT2D eigenvalue weighted by Crippen LogP contribution is -1.97. The van der Waals surface area contributed by atoms with Crippen LogP contribution in [0.15, 0.2) is 0 Å². The molecular weight excluding hydrogens is 200 g/mol. The van der Waals surface area contributed by atoms with Crippen LogP contribution in [0, 0.1) is 0 Å². The van der Waals surface area contributed by atoms with Crippen LogP contribution in [0.5, 0.6) is 0 Å². The largest absolute Gasteiger partial charge is 0.396 e. The molecule has 16 heavy (non-hydrogen) atoms. The molecular formula is C14H44O2. The quantitative estimate of drug-likeness (QED) is 0.634. The molecule has 0 atom stereocenters. The molecule has 0 aliphatic rings. The predicted molar refractivity (Wildman–Crippen MR) is 84.5 cm³/mol. The van der Waals surface area contributed by atoms with Crippen molar-refractivity contribution in [1.29, 1.82) is 0 Å². The van der Waals surface area contributed by atoms with E-state index in [-0.39, 0.29) is 51.2 Å². The van der Waals surface area contributed by atoms with E-state index < -0.39 is 0 Å². The predicted octanol–water partition coefficient (Wildman–Crippen LogP) is 5.64. The van der Waals surface area contributed by atoms with Crippen LogP contribution in [0.25, 0.3) is 0 Å². The van der Waals surface area contributed by atoms with Crippen LogP contribution in [-0.2, 0) is 4.74 Å². The average molecular weight is 245 g/mol. The topological polar surface area (TPSA) is 29.5 Å². The molecule has 0 aromatic heterocycles. The molecule has 0 aromatic rings. The molecule has 2 heteroatoms. The Morgan fingerprint density at radius 1 is 0.812 bits per heavy atom. The molecule has 0 amide bonds. The number of hydrogen-bond donors (Lipinski definition) is 1. The van der Waals surface area contributed by atoms with E-state index in [0.717, 1.165) is 19.4 Å². The second kappa shape index (κ2) is 82.5. The molecule has 0 aliphatic carbocycles. The van der Waals surface area contributed by atoms with Crippen LogP contribution in [-0.4, -0.2) is 24.9 Å². The van der Waals surface area contributed by atoms with Gasteiger partial charge in [-0.05, 0) is 12.8 Å². The Kier molecular flexibility index (Phi) is 291. The van der Waals surface area contributed by atoms with Crippen LogP contribution < -0.4 is 0 Å². The van der Waals surface area contributed by atoms with Crippen molar-refractivity contribution in [3.05, 3.63) is 0 Å². The molecule has 0 radical (unpaired) electrons. The number of ether oxygens (including phenoxy) is 1. The first-order valence-corrected chi connectivity index (χ1v) is 4.10. The summed E-state index contributed by atoms with van der Waals surface area (Å²) in [5.41, 5.74) is 0. The van der Waals surface area contributed by atoms with Gasteiger partial charge in [-0.25, -0.2) is 0 Å². The standard InChI is InChI=1S/C6H14O2.C2H6.6CH4/c1-2-5-8-6-3-4-7;1-2;;;;;;/h7H,2-6H2,1H3;1-2H3;6*1H4. The minimum atomic E-state index is 0. The lowest BCUT2D eigenvalue weighted by atomic mass is 10.5. The highest BCUT2D eigenvalue weighted by atomic mass is 16.5. The number of aliphatic hydroxyl groups is 1. The van der Waals surface area contributed by atoms with E-state index in [1.807, 2.05) is 13.8 Å².